The number of fused-ring (bicyclic) bond motifs is 1. The van der Waals surface area contributed by atoms with Crippen molar-refractivity contribution >= 4 is 23.2 Å². The minimum atomic E-state index is -0.624. The number of para-hydroxylation sites is 2. The molecule has 64 valence electrons. The molecule has 1 heterocycles. The topological polar surface area (TPSA) is 18.5 Å². The van der Waals surface area contributed by atoms with Crippen molar-refractivity contribution in [1.82, 2.24) is 0 Å². The van der Waals surface area contributed by atoms with Gasteiger partial charge in [0.25, 0.3) is 0 Å². The highest BCUT2D eigenvalue weighted by atomic mass is 35.5. The SMILES string of the molecule is Cl[C@@H]1Oc2ccccc2O[C@@H]1Cl. The molecule has 0 aliphatic carbocycles. The quantitative estimate of drug-likeness (QED) is 0.606. The number of benzene rings is 1. The Balaban J connectivity index is 2.34. The van der Waals surface area contributed by atoms with Crippen molar-refractivity contribution in [2.24, 2.45) is 0 Å². The molecule has 12 heavy (non-hydrogen) atoms. The van der Waals surface area contributed by atoms with Crippen LogP contribution in [0.3, 0.4) is 0 Å². The second-order valence-electron chi connectivity index (χ2n) is 2.38. The average Bonchev–Trinajstić information content (AvgIpc) is 2.07. The van der Waals surface area contributed by atoms with Gasteiger partial charge in [-0.1, -0.05) is 35.3 Å². The zero-order valence-electron chi connectivity index (χ0n) is 6.04. The summed E-state index contributed by atoms with van der Waals surface area (Å²) in [6, 6.07) is 7.27. The molecule has 2 nitrogen and oxygen atoms in total. The van der Waals surface area contributed by atoms with Crippen LogP contribution in [0.2, 0.25) is 0 Å². The Bertz CT molecular complexity index is 261. The highest BCUT2D eigenvalue weighted by Crippen LogP contribution is 2.35. The van der Waals surface area contributed by atoms with Crippen LogP contribution in [0.1, 0.15) is 0 Å². The Labute approximate surface area is 80.0 Å². The Hall–Kier alpha value is -0.600. The lowest BCUT2D eigenvalue weighted by atomic mass is 10.3. The molecule has 0 radical (unpaired) electrons. The van der Waals surface area contributed by atoms with Crippen LogP contribution >= 0.6 is 23.2 Å². The van der Waals surface area contributed by atoms with Crippen LogP contribution in [0, 0.1) is 0 Å². The standard InChI is InChI=1S/C8H6Cl2O2/c9-7-8(10)12-6-4-2-1-3-5(6)11-7/h1-4,7-8H/t7-,8+. The predicted octanol–water partition coefficient (Wildman–Crippen LogP) is 2.59. The van der Waals surface area contributed by atoms with Crippen molar-refractivity contribution in [3.63, 3.8) is 0 Å². The summed E-state index contributed by atoms with van der Waals surface area (Å²) in [5.74, 6) is 1.27. The van der Waals surface area contributed by atoms with Gasteiger partial charge >= 0.3 is 0 Å². The van der Waals surface area contributed by atoms with Crippen molar-refractivity contribution in [3.8, 4) is 11.5 Å². The van der Waals surface area contributed by atoms with Crippen LogP contribution in [0.15, 0.2) is 24.3 Å². The first-order chi connectivity index (χ1) is 5.77. The summed E-state index contributed by atoms with van der Waals surface area (Å²) >= 11 is 11.4. The molecule has 1 aliphatic heterocycles. The third-order valence-corrected chi connectivity index (χ3v) is 2.30. The van der Waals surface area contributed by atoms with Gasteiger partial charge in [0.1, 0.15) is 0 Å². The van der Waals surface area contributed by atoms with Crippen LogP contribution in [0.5, 0.6) is 11.5 Å². The predicted molar refractivity (Wildman–Crippen MR) is 47.0 cm³/mol. The van der Waals surface area contributed by atoms with E-state index < -0.39 is 11.1 Å². The molecule has 2 rings (SSSR count). The minimum absolute atomic E-state index is 0.624. The fraction of sp³-hybridized carbons (Fsp3) is 0.250. The average molecular weight is 205 g/mol. The molecule has 0 unspecified atom stereocenters. The molecule has 0 saturated carbocycles. The lowest BCUT2D eigenvalue weighted by Crippen LogP contribution is -2.31. The summed E-state index contributed by atoms with van der Waals surface area (Å²) < 4.78 is 10.5. The maximum Gasteiger partial charge on any atom is 0.222 e. The van der Waals surface area contributed by atoms with Crippen molar-refractivity contribution in [2.75, 3.05) is 0 Å². The van der Waals surface area contributed by atoms with Gasteiger partial charge in [-0.2, -0.15) is 0 Å². The molecule has 0 bridgehead atoms. The second kappa shape index (κ2) is 3.04. The molecule has 1 aromatic rings. The summed E-state index contributed by atoms with van der Waals surface area (Å²) in [4.78, 5) is 0. The van der Waals surface area contributed by atoms with Gasteiger partial charge < -0.3 is 9.47 Å². The van der Waals surface area contributed by atoms with E-state index in [9.17, 15) is 0 Å². The fourth-order valence-corrected chi connectivity index (χ4v) is 1.29. The summed E-state index contributed by atoms with van der Waals surface area (Å²) in [6.45, 7) is 0. The number of hydrogen-bond acceptors (Lipinski definition) is 2. The molecule has 1 aliphatic rings. The van der Waals surface area contributed by atoms with Gasteiger partial charge in [0.15, 0.2) is 11.5 Å². The molecule has 0 saturated heterocycles. The maximum atomic E-state index is 5.72. The number of hydrogen-bond donors (Lipinski definition) is 0. The van der Waals surface area contributed by atoms with Gasteiger partial charge in [0, 0.05) is 0 Å². The summed E-state index contributed by atoms with van der Waals surface area (Å²) in [6.07, 6.45) is 0. The van der Waals surface area contributed by atoms with Crippen LogP contribution in [0.25, 0.3) is 0 Å². The molecule has 0 N–H and O–H groups in total. The van der Waals surface area contributed by atoms with E-state index in [0.717, 1.165) is 0 Å². The Morgan fingerprint density at radius 1 is 0.917 bits per heavy atom. The van der Waals surface area contributed by atoms with E-state index in [0.29, 0.717) is 11.5 Å². The van der Waals surface area contributed by atoms with Crippen molar-refractivity contribution in [3.05, 3.63) is 24.3 Å². The van der Waals surface area contributed by atoms with E-state index in [1.54, 1.807) is 12.1 Å². The summed E-state index contributed by atoms with van der Waals surface area (Å²) in [5, 5.41) is 0. The lowest BCUT2D eigenvalue weighted by molar-refractivity contribution is 0.117. The van der Waals surface area contributed by atoms with E-state index in [-0.39, 0.29) is 0 Å². The molecule has 0 fully saturated rings. The van der Waals surface area contributed by atoms with E-state index >= 15 is 0 Å². The molecular formula is C8H6Cl2O2. The molecule has 0 amide bonds. The van der Waals surface area contributed by atoms with Crippen LogP contribution in [0.4, 0.5) is 0 Å². The Morgan fingerprint density at radius 2 is 1.33 bits per heavy atom. The van der Waals surface area contributed by atoms with E-state index in [1.165, 1.54) is 0 Å². The van der Waals surface area contributed by atoms with Crippen molar-refractivity contribution in [2.45, 2.75) is 11.1 Å². The number of alkyl halides is 2. The highest BCUT2D eigenvalue weighted by molar-refractivity contribution is 6.29. The van der Waals surface area contributed by atoms with Crippen LogP contribution < -0.4 is 9.47 Å². The van der Waals surface area contributed by atoms with Crippen LogP contribution in [-0.4, -0.2) is 11.1 Å². The highest BCUT2D eigenvalue weighted by Gasteiger charge is 2.27. The first-order valence-electron chi connectivity index (χ1n) is 3.48. The Morgan fingerprint density at radius 3 is 1.75 bits per heavy atom. The third kappa shape index (κ3) is 1.32. The first kappa shape index (κ1) is 8.02. The van der Waals surface area contributed by atoms with Gasteiger partial charge in [-0.15, -0.1) is 0 Å². The molecule has 0 aromatic heterocycles. The summed E-state index contributed by atoms with van der Waals surface area (Å²) in [7, 11) is 0. The second-order valence-corrected chi connectivity index (χ2v) is 3.25. The van der Waals surface area contributed by atoms with Crippen molar-refractivity contribution in [1.29, 1.82) is 0 Å². The van der Waals surface area contributed by atoms with E-state index in [4.69, 9.17) is 32.7 Å². The zero-order chi connectivity index (χ0) is 8.55. The number of halogens is 2. The van der Waals surface area contributed by atoms with Crippen LogP contribution in [-0.2, 0) is 0 Å². The molecule has 4 heteroatoms. The zero-order valence-corrected chi connectivity index (χ0v) is 7.55. The molecule has 1 aromatic carbocycles. The van der Waals surface area contributed by atoms with Gasteiger partial charge in [-0.3, -0.25) is 0 Å². The largest absolute Gasteiger partial charge is 0.465 e. The first-order valence-corrected chi connectivity index (χ1v) is 4.35. The number of rotatable bonds is 0. The van der Waals surface area contributed by atoms with Gasteiger partial charge in [-0.05, 0) is 12.1 Å². The fourth-order valence-electron chi connectivity index (χ4n) is 0.994. The van der Waals surface area contributed by atoms with E-state index in [2.05, 4.69) is 0 Å². The smallest absolute Gasteiger partial charge is 0.222 e. The van der Waals surface area contributed by atoms with Crippen molar-refractivity contribution < 1.29 is 9.47 Å². The third-order valence-electron chi connectivity index (χ3n) is 1.53. The molecular weight excluding hydrogens is 199 g/mol. The summed E-state index contributed by atoms with van der Waals surface area (Å²) in [5.41, 5.74) is -1.25. The van der Waals surface area contributed by atoms with Gasteiger partial charge in [0.2, 0.25) is 11.1 Å². The van der Waals surface area contributed by atoms with Gasteiger partial charge in [-0.25, -0.2) is 0 Å². The lowest BCUT2D eigenvalue weighted by Gasteiger charge is -2.26. The Kier molecular flexibility index (Phi) is 2.03. The van der Waals surface area contributed by atoms with Gasteiger partial charge in [0.05, 0.1) is 0 Å². The monoisotopic (exact) mass is 204 g/mol. The normalized spacial score (nSPS) is 26.8. The maximum absolute atomic E-state index is 5.72. The molecule has 2 atom stereocenters. The number of ether oxygens (including phenoxy) is 2. The molecule has 0 spiro atoms. The van der Waals surface area contributed by atoms with E-state index in [1.807, 2.05) is 12.1 Å². The minimum Gasteiger partial charge on any atom is -0.465 e.